The molecule has 5 heteroatoms. The predicted octanol–water partition coefficient (Wildman–Crippen LogP) is 2.74. The maximum atomic E-state index is 11.1. The Kier molecular flexibility index (Phi) is 3.85. The molecule has 0 aromatic carbocycles. The number of thiocarbonyl (C=S) groups is 1. The van der Waals surface area contributed by atoms with Gasteiger partial charge in [0.25, 0.3) is 0 Å². The molecule has 3 fully saturated rings. The molecule has 2 aliphatic heterocycles. The summed E-state index contributed by atoms with van der Waals surface area (Å²) in [6.45, 7) is 2.10. The van der Waals surface area contributed by atoms with Crippen LogP contribution >= 0.6 is 24.0 Å². The second-order valence-corrected chi connectivity index (χ2v) is 7.51. The van der Waals surface area contributed by atoms with Crippen LogP contribution in [0.3, 0.4) is 0 Å². The van der Waals surface area contributed by atoms with Crippen LogP contribution in [-0.2, 0) is 0 Å². The van der Waals surface area contributed by atoms with Gasteiger partial charge in [-0.05, 0) is 32.1 Å². The van der Waals surface area contributed by atoms with E-state index in [-0.39, 0.29) is 0 Å². The highest BCUT2D eigenvalue weighted by Gasteiger charge is 2.53. The fraction of sp³-hybridized carbons (Fsp3) is 0.923. The Hall–Kier alpha value is 0.160. The molecule has 102 valence electrons. The molecule has 18 heavy (non-hydrogen) atoms. The molecule has 0 aromatic rings. The molecule has 0 radical (unpaired) electrons. The van der Waals surface area contributed by atoms with Crippen molar-refractivity contribution in [3.8, 4) is 0 Å². The van der Waals surface area contributed by atoms with Crippen molar-refractivity contribution in [2.45, 2.75) is 62.3 Å². The van der Waals surface area contributed by atoms with Crippen molar-refractivity contribution in [1.29, 1.82) is 0 Å². The van der Waals surface area contributed by atoms with Gasteiger partial charge in [0.15, 0.2) is 10.0 Å². The fourth-order valence-corrected chi connectivity index (χ4v) is 5.38. The van der Waals surface area contributed by atoms with E-state index < -0.39 is 5.72 Å². The Balaban J connectivity index is 1.82. The number of hydrogen-bond acceptors (Lipinski definition) is 4. The lowest BCUT2D eigenvalue weighted by atomic mass is 9.91. The van der Waals surface area contributed by atoms with Gasteiger partial charge in [0.2, 0.25) is 0 Å². The van der Waals surface area contributed by atoms with Gasteiger partial charge in [0.05, 0.1) is 5.25 Å². The van der Waals surface area contributed by atoms with Crippen molar-refractivity contribution in [1.82, 2.24) is 10.0 Å². The minimum absolute atomic E-state index is 0.294. The largest absolute Gasteiger partial charge is 0.368 e. The number of fused-ring (bicyclic) bond motifs is 1. The van der Waals surface area contributed by atoms with Crippen LogP contribution in [0.5, 0.6) is 0 Å². The first-order valence-electron chi connectivity index (χ1n) is 7.20. The van der Waals surface area contributed by atoms with Crippen LogP contribution in [0.2, 0.25) is 0 Å². The highest BCUT2D eigenvalue weighted by molar-refractivity contribution is 8.23. The molecule has 0 aromatic heterocycles. The summed E-state index contributed by atoms with van der Waals surface area (Å²) >= 11 is 7.26. The number of hydrazine groups is 1. The number of aliphatic hydroxyl groups is 1. The van der Waals surface area contributed by atoms with E-state index in [9.17, 15) is 5.11 Å². The van der Waals surface area contributed by atoms with Gasteiger partial charge in [0, 0.05) is 13.1 Å². The molecule has 0 bridgehead atoms. The quantitative estimate of drug-likeness (QED) is 0.748. The second-order valence-electron chi connectivity index (χ2n) is 5.68. The Bertz CT molecular complexity index is 331. The molecule has 2 atom stereocenters. The molecular weight excluding hydrogens is 264 g/mol. The number of nitrogens with zero attached hydrogens (tertiary/aromatic N) is 2. The van der Waals surface area contributed by atoms with Crippen molar-refractivity contribution in [3.05, 3.63) is 0 Å². The van der Waals surface area contributed by atoms with Crippen LogP contribution in [0, 0.1) is 0 Å². The smallest absolute Gasteiger partial charge is 0.165 e. The highest BCUT2D eigenvalue weighted by atomic mass is 32.2. The number of hydrogen-bond donors (Lipinski definition) is 1. The summed E-state index contributed by atoms with van der Waals surface area (Å²) in [6, 6.07) is 0. The van der Waals surface area contributed by atoms with Crippen molar-refractivity contribution in [2.24, 2.45) is 0 Å². The van der Waals surface area contributed by atoms with Crippen molar-refractivity contribution in [3.63, 3.8) is 0 Å². The summed E-state index contributed by atoms with van der Waals surface area (Å²) in [6.07, 6.45) is 9.41. The molecule has 0 spiro atoms. The van der Waals surface area contributed by atoms with E-state index in [1.54, 1.807) is 11.8 Å². The van der Waals surface area contributed by atoms with E-state index >= 15 is 0 Å². The normalized spacial score (nSPS) is 38.6. The van der Waals surface area contributed by atoms with Gasteiger partial charge in [-0.25, -0.2) is 5.01 Å². The van der Waals surface area contributed by atoms with E-state index in [4.69, 9.17) is 12.2 Å². The van der Waals surface area contributed by atoms with Gasteiger partial charge >= 0.3 is 0 Å². The lowest BCUT2D eigenvalue weighted by molar-refractivity contribution is -0.171. The average molecular weight is 286 g/mol. The maximum Gasteiger partial charge on any atom is 0.165 e. The molecule has 0 amide bonds. The van der Waals surface area contributed by atoms with Crippen molar-refractivity contribution >= 4 is 28.3 Å². The molecule has 2 heterocycles. The lowest BCUT2D eigenvalue weighted by Crippen LogP contribution is -2.59. The summed E-state index contributed by atoms with van der Waals surface area (Å²) < 4.78 is 0.895. The molecule has 3 aliphatic rings. The minimum Gasteiger partial charge on any atom is -0.368 e. The molecule has 1 saturated carbocycles. The van der Waals surface area contributed by atoms with E-state index in [1.165, 1.54) is 32.1 Å². The molecule has 2 saturated heterocycles. The first kappa shape index (κ1) is 13.2. The zero-order valence-electron chi connectivity index (χ0n) is 10.8. The third-order valence-electron chi connectivity index (χ3n) is 4.42. The molecule has 1 N–H and O–H groups in total. The molecule has 1 aliphatic carbocycles. The van der Waals surface area contributed by atoms with E-state index in [2.05, 4.69) is 10.0 Å². The van der Waals surface area contributed by atoms with Gasteiger partial charge in [0.1, 0.15) is 0 Å². The first-order valence-corrected chi connectivity index (χ1v) is 8.49. The summed E-state index contributed by atoms with van der Waals surface area (Å²) in [4.78, 5) is 0. The van der Waals surface area contributed by atoms with Gasteiger partial charge in [-0.15, -0.1) is 0 Å². The molecule has 3 rings (SSSR count). The van der Waals surface area contributed by atoms with Gasteiger partial charge in [-0.1, -0.05) is 43.2 Å². The van der Waals surface area contributed by atoms with E-state index in [0.29, 0.717) is 5.25 Å². The molecular formula is C13H22N2OS2. The topological polar surface area (TPSA) is 26.7 Å². The SMILES string of the molecule is O[C@@]12CCCC[C@@H]1SC(=S)N2N1CCCCCC1. The van der Waals surface area contributed by atoms with Gasteiger partial charge < -0.3 is 5.11 Å². The van der Waals surface area contributed by atoms with Crippen LogP contribution < -0.4 is 0 Å². The van der Waals surface area contributed by atoms with Crippen molar-refractivity contribution < 1.29 is 5.11 Å². The number of rotatable bonds is 1. The van der Waals surface area contributed by atoms with Crippen LogP contribution in [0.1, 0.15) is 51.4 Å². The lowest BCUT2D eigenvalue weighted by Gasteiger charge is -2.45. The predicted molar refractivity (Wildman–Crippen MR) is 79.3 cm³/mol. The van der Waals surface area contributed by atoms with Crippen molar-refractivity contribution in [2.75, 3.05) is 13.1 Å². The Labute approximate surface area is 119 Å². The Morgan fingerprint density at radius 3 is 2.56 bits per heavy atom. The first-order chi connectivity index (χ1) is 8.72. The van der Waals surface area contributed by atoms with E-state index in [0.717, 1.165) is 36.7 Å². The summed E-state index contributed by atoms with van der Waals surface area (Å²) in [5, 5.41) is 15.8. The van der Waals surface area contributed by atoms with Crippen LogP contribution in [0.15, 0.2) is 0 Å². The molecule has 3 nitrogen and oxygen atoms in total. The zero-order valence-corrected chi connectivity index (χ0v) is 12.4. The van der Waals surface area contributed by atoms with E-state index in [1.807, 2.05) is 0 Å². The third kappa shape index (κ3) is 2.19. The second kappa shape index (κ2) is 5.27. The summed E-state index contributed by atoms with van der Waals surface area (Å²) in [5.74, 6) is 0. The summed E-state index contributed by atoms with van der Waals surface area (Å²) in [7, 11) is 0. The minimum atomic E-state index is -0.690. The monoisotopic (exact) mass is 286 g/mol. The number of thioether (sulfide) groups is 1. The zero-order chi connectivity index (χ0) is 12.6. The van der Waals surface area contributed by atoms with Gasteiger partial charge in [-0.3, -0.25) is 5.01 Å². The Morgan fingerprint density at radius 1 is 1.11 bits per heavy atom. The maximum absolute atomic E-state index is 11.1. The van der Waals surface area contributed by atoms with Gasteiger partial charge in [-0.2, -0.15) is 0 Å². The Morgan fingerprint density at radius 2 is 1.83 bits per heavy atom. The summed E-state index contributed by atoms with van der Waals surface area (Å²) in [5.41, 5.74) is -0.690. The average Bonchev–Trinajstić information content (AvgIpc) is 2.54. The van der Waals surface area contributed by atoms with Crippen LogP contribution in [0.25, 0.3) is 0 Å². The standard InChI is InChI=1S/C13H22N2OS2/c16-13-8-4-3-7-11(13)18-12(17)15(13)14-9-5-1-2-6-10-14/h11,16H,1-10H2/t11-,13-/m0/s1. The molecule has 0 unspecified atom stereocenters. The fourth-order valence-electron chi connectivity index (χ4n) is 3.45. The van der Waals surface area contributed by atoms with Crippen LogP contribution in [0.4, 0.5) is 0 Å². The highest BCUT2D eigenvalue weighted by Crippen LogP contribution is 2.47. The third-order valence-corrected chi connectivity index (χ3v) is 6.16. The van der Waals surface area contributed by atoms with Crippen LogP contribution in [-0.4, -0.2) is 43.5 Å².